The van der Waals surface area contributed by atoms with E-state index in [1.54, 1.807) is 9.13 Å². The minimum Gasteiger partial charge on any atom is -0.488 e. The van der Waals surface area contributed by atoms with Crippen LogP contribution in [0.15, 0.2) is 84.9 Å². The van der Waals surface area contributed by atoms with Crippen LogP contribution < -0.4 is 13.9 Å². The molecule has 7 heteroatoms. The fraction of sp³-hybridized carbons (Fsp3) is 0.0270. The molecule has 0 bridgehead atoms. The number of imidazole rings is 2. The summed E-state index contributed by atoms with van der Waals surface area (Å²) in [6, 6.07) is 28.4. The zero-order valence-corrected chi connectivity index (χ0v) is 22.9. The van der Waals surface area contributed by atoms with Crippen molar-refractivity contribution < 1.29 is 23.5 Å². The van der Waals surface area contributed by atoms with Crippen LogP contribution in [0.3, 0.4) is 0 Å². The Kier molecular flexibility index (Phi) is 3.32. The van der Waals surface area contributed by atoms with E-state index in [2.05, 4.69) is 34.2 Å². The number of aromatic nitrogens is 4. The van der Waals surface area contributed by atoms with Gasteiger partial charge in [-0.2, -0.15) is 9.13 Å². The van der Waals surface area contributed by atoms with E-state index < -0.39 is 0 Å². The summed E-state index contributed by atoms with van der Waals surface area (Å²) in [4.78, 5) is 35.5. The van der Waals surface area contributed by atoms with Crippen molar-refractivity contribution >= 4 is 77.0 Å². The van der Waals surface area contributed by atoms with Gasteiger partial charge < -0.3 is 4.74 Å². The Balaban J connectivity index is 1.30. The Morgan fingerprint density at radius 1 is 0.545 bits per heavy atom. The first-order valence-electron chi connectivity index (χ1n) is 14.7. The van der Waals surface area contributed by atoms with E-state index in [9.17, 15) is 9.59 Å². The summed E-state index contributed by atoms with van der Waals surface area (Å²) in [7, 11) is 0. The Morgan fingerprint density at radius 3 is 1.70 bits per heavy atom. The molecule has 9 aromatic rings. The van der Waals surface area contributed by atoms with E-state index in [1.165, 1.54) is 0 Å². The third-order valence-corrected chi connectivity index (χ3v) is 10.2. The highest BCUT2D eigenvalue weighted by atomic mass is 16.5. The molecular formula is C37H18N4O3+2. The first-order chi connectivity index (χ1) is 21.7. The highest BCUT2D eigenvalue weighted by molar-refractivity contribution is 6.40. The van der Waals surface area contributed by atoms with E-state index in [-0.39, 0.29) is 11.8 Å². The van der Waals surface area contributed by atoms with Gasteiger partial charge in [0, 0.05) is 26.9 Å². The first kappa shape index (κ1) is 21.6. The molecule has 2 N–H and O–H groups in total. The number of carbonyl (C=O) groups excluding carboxylic acids is 2. The van der Waals surface area contributed by atoms with Gasteiger partial charge in [0.2, 0.25) is 0 Å². The Morgan fingerprint density at radius 2 is 1.09 bits per heavy atom. The van der Waals surface area contributed by atoms with Crippen LogP contribution in [0.5, 0.6) is 5.75 Å². The standard InChI is InChI=1S/C37H16N4O3/c42-36-21-13-16-15-44-27-14-22-30-20(35-39-24-6-2-4-8-26(24)41(35)37(22)43)12-10-18-17-9-11-19(29(21)31(17)28(16)33(27)32(18)30)34-38-23-5-1-3-7-25(23)40(34)36/h1-14H,15H2/p+2. The van der Waals surface area contributed by atoms with Crippen LogP contribution in [-0.4, -0.2) is 21.8 Å². The van der Waals surface area contributed by atoms with Crippen LogP contribution >= 0.6 is 0 Å². The molecule has 0 atom stereocenters. The number of fused-ring (bicyclic) bond motifs is 9. The quantitative estimate of drug-likeness (QED) is 0.125. The highest BCUT2D eigenvalue weighted by Crippen LogP contribution is 2.53. The summed E-state index contributed by atoms with van der Waals surface area (Å²) in [5.41, 5.74) is 7.88. The fourth-order valence-corrected chi connectivity index (χ4v) is 8.45. The van der Waals surface area contributed by atoms with E-state index >= 15 is 0 Å². The minimum atomic E-state index is -0.0655. The smallest absolute Gasteiger partial charge is 0.347 e. The summed E-state index contributed by atoms with van der Waals surface area (Å²) in [5, 5.41) is 8.27. The molecule has 44 heavy (non-hydrogen) atoms. The Labute approximate surface area is 246 Å². The van der Waals surface area contributed by atoms with Gasteiger partial charge in [-0.15, -0.1) is 0 Å². The third kappa shape index (κ3) is 2.14. The van der Waals surface area contributed by atoms with Gasteiger partial charge in [0.15, 0.2) is 22.1 Å². The van der Waals surface area contributed by atoms with Crippen molar-refractivity contribution in [2.75, 3.05) is 0 Å². The summed E-state index contributed by atoms with van der Waals surface area (Å²) >= 11 is 0. The van der Waals surface area contributed by atoms with Gasteiger partial charge >= 0.3 is 11.8 Å². The maximum absolute atomic E-state index is 14.2. The van der Waals surface area contributed by atoms with Crippen molar-refractivity contribution in [2.45, 2.75) is 6.61 Å². The van der Waals surface area contributed by atoms with Gasteiger partial charge in [-0.25, -0.2) is 19.6 Å². The lowest BCUT2D eigenvalue weighted by atomic mass is 9.80. The highest BCUT2D eigenvalue weighted by Gasteiger charge is 2.40. The Hall–Kier alpha value is -6.08. The molecular weight excluding hydrogens is 548 g/mol. The topological polar surface area (TPSA) is 82.7 Å². The molecule has 3 aliphatic rings. The molecule has 7 nitrogen and oxygen atoms in total. The molecule has 202 valence electrons. The second kappa shape index (κ2) is 6.76. The van der Waals surface area contributed by atoms with E-state index in [4.69, 9.17) is 4.74 Å². The van der Waals surface area contributed by atoms with Gasteiger partial charge in [-0.1, -0.05) is 36.4 Å². The summed E-state index contributed by atoms with van der Waals surface area (Å²) in [6.45, 7) is 0.327. The van der Waals surface area contributed by atoms with Gasteiger partial charge in [0.1, 0.15) is 12.4 Å². The Bertz CT molecular complexity index is 2730. The van der Waals surface area contributed by atoms with Crippen LogP contribution in [0.25, 0.3) is 87.9 Å². The number of rotatable bonds is 0. The molecule has 12 rings (SSSR count). The molecule has 0 radical (unpaired) electrons. The molecule has 0 aliphatic carbocycles. The maximum atomic E-state index is 14.2. The number of benzene rings is 7. The van der Waals surface area contributed by atoms with Crippen molar-refractivity contribution in [3.63, 3.8) is 0 Å². The number of carbonyl (C=O) groups is 2. The van der Waals surface area contributed by atoms with Crippen molar-refractivity contribution in [3.8, 4) is 28.5 Å². The average Bonchev–Trinajstić information content (AvgIpc) is 3.65. The predicted octanol–water partition coefficient (Wildman–Crippen LogP) is 6.51. The van der Waals surface area contributed by atoms with Crippen LogP contribution in [0.1, 0.15) is 26.3 Å². The van der Waals surface area contributed by atoms with Crippen molar-refractivity contribution in [1.82, 2.24) is 9.97 Å². The summed E-state index contributed by atoms with van der Waals surface area (Å²) in [5.74, 6) is 2.19. The molecule has 0 saturated carbocycles. The van der Waals surface area contributed by atoms with Crippen LogP contribution in [-0.2, 0) is 6.61 Å². The summed E-state index contributed by atoms with van der Waals surface area (Å²) in [6.07, 6.45) is 0. The minimum absolute atomic E-state index is 0.0410. The van der Waals surface area contributed by atoms with Crippen molar-refractivity contribution in [1.29, 1.82) is 0 Å². The molecule has 5 heterocycles. The molecule has 0 spiro atoms. The van der Waals surface area contributed by atoms with Gasteiger partial charge in [-0.05, 0) is 70.3 Å². The number of aromatic amines is 2. The molecule has 0 amide bonds. The van der Waals surface area contributed by atoms with E-state index in [0.717, 1.165) is 93.5 Å². The number of hydrogen-bond acceptors (Lipinski definition) is 3. The number of nitrogens with zero attached hydrogens (tertiary/aromatic N) is 2. The van der Waals surface area contributed by atoms with Gasteiger partial charge in [-0.3, -0.25) is 0 Å². The van der Waals surface area contributed by atoms with Gasteiger partial charge in [0.05, 0.1) is 22.3 Å². The molecule has 2 aromatic heterocycles. The largest absolute Gasteiger partial charge is 0.488 e. The maximum Gasteiger partial charge on any atom is 0.347 e. The van der Waals surface area contributed by atoms with E-state index in [1.807, 2.05) is 60.7 Å². The molecule has 0 fully saturated rings. The van der Waals surface area contributed by atoms with Crippen LogP contribution in [0, 0.1) is 0 Å². The number of para-hydroxylation sites is 4. The van der Waals surface area contributed by atoms with Crippen molar-refractivity contribution in [2.24, 2.45) is 0 Å². The lowest BCUT2D eigenvalue weighted by Crippen LogP contribution is -2.46. The lowest BCUT2D eigenvalue weighted by molar-refractivity contribution is -0.531. The lowest BCUT2D eigenvalue weighted by Gasteiger charge is -2.27. The molecule has 3 aliphatic heterocycles. The van der Waals surface area contributed by atoms with Crippen molar-refractivity contribution in [3.05, 3.63) is 102 Å². The first-order valence-corrected chi connectivity index (χ1v) is 14.7. The SMILES string of the molecule is O=C1c2cc3c4c5c(cc6c7c(ccc(c8ccc(c2c84)-c2[nH]c4ccccc4[n+]21)c75)-c1[nH]c2ccccc2[n+]1C6=O)OC3. The number of H-pyrrole nitrogens is 2. The number of nitrogens with one attached hydrogen (secondary N) is 2. The zero-order chi connectivity index (χ0) is 28.6. The zero-order valence-electron chi connectivity index (χ0n) is 22.9. The average molecular weight is 567 g/mol. The second-order valence-corrected chi connectivity index (χ2v) is 12.1. The molecule has 0 unspecified atom stereocenters. The number of hydrogen-bond donors (Lipinski definition) is 2. The third-order valence-electron chi connectivity index (χ3n) is 10.2. The number of ether oxygens (including phenoxy) is 1. The van der Waals surface area contributed by atoms with Crippen LogP contribution in [0.2, 0.25) is 0 Å². The van der Waals surface area contributed by atoms with E-state index in [0.29, 0.717) is 23.5 Å². The fourth-order valence-electron chi connectivity index (χ4n) is 8.45. The molecule has 7 aromatic carbocycles. The monoisotopic (exact) mass is 566 g/mol. The normalized spacial score (nSPS) is 14.5. The van der Waals surface area contributed by atoms with Crippen LogP contribution in [0.4, 0.5) is 0 Å². The van der Waals surface area contributed by atoms with Gasteiger partial charge in [0.25, 0.3) is 11.6 Å². The second-order valence-electron chi connectivity index (χ2n) is 12.1. The molecule has 0 saturated heterocycles. The predicted molar refractivity (Wildman–Crippen MR) is 166 cm³/mol. The summed E-state index contributed by atoms with van der Waals surface area (Å²) < 4.78 is 10.1.